The van der Waals surface area contributed by atoms with E-state index in [1.54, 1.807) is 0 Å². The maximum atomic E-state index is 12.6. The molecular weight excluding hydrogens is 768 g/mol. The van der Waals surface area contributed by atoms with Gasteiger partial charge in [-0.2, -0.15) is 0 Å². The largest absolute Gasteiger partial charge is 2.00 e. The summed E-state index contributed by atoms with van der Waals surface area (Å²) < 4.78 is 186. The summed E-state index contributed by atoms with van der Waals surface area (Å²) in [5.41, 5.74) is 1.89. The van der Waals surface area contributed by atoms with Crippen LogP contribution >= 0.6 is 0 Å². The molecule has 0 N–H and O–H groups in total. The fourth-order valence-electron chi connectivity index (χ4n) is 3.88. The summed E-state index contributed by atoms with van der Waals surface area (Å²) in [6.45, 7) is 5.41. The Balaban J connectivity index is 0.000000194. The number of rotatable bonds is 5. The number of Topliss-reactive ketones (excluding diaryl/α,β-unsaturated/α-hetero) is 1. The molecule has 2 aromatic carbocycles. The van der Waals surface area contributed by atoms with E-state index in [4.69, 9.17) is 0 Å². The van der Waals surface area contributed by atoms with Gasteiger partial charge in [-0.25, -0.2) is 60.7 Å². The summed E-state index contributed by atoms with van der Waals surface area (Å²) in [6, 6.07) is 0. The molecule has 2 aromatic rings. The maximum absolute atomic E-state index is 12.6. The maximum Gasteiger partial charge on any atom is 2.00 e. The van der Waals surface area contributed by atoms with Crippen molar-refractivity contribution in [1.29, 1.82) is 0 Å². The van der Waals surface area contributed by atoms with Crippen molar-refractivity contribution in [2.24, 2.45) is 0 Å². The molecule has 0 saturated carbocycles. The molecule has 3 saturated heterocycles. The molecule has 0 radical (unpaired) electrons. The van der Waals surface area contributed by atoms with Crippen LogP contribution < -0.4 is 0 Å². The van der Waals surface area contributed by atoms with E-state index in [9.17, 15) is 79.4 Å². The Kier molecular flexibility index (Phi) is 11.0. The Bertz CT molecular complexity index is 1860. The first-order valence-corrected chi connectivity index (χ1v) is 15.2. The third-order valence-corrected chi connectivity index (χ3v) is 8.04. The number of nitrogens with zero attached hydrogens (tertiary/aromatic N) is 3. The van der Waals surface area contributed by atoms with Crippen LogP contribution in [0.25, 0.3) is 0 Å². The monoisotopic (exact) mass is 781 g/mol. The van der Waals surface area contributed by atoms with Gasteiger partial charge in [-0.15, -0.1) is 0 Å². The fourth-order valence-corrected chi connectivity index (χ4v) is 5.12. The van der Waals surface area contributed by atoms with Crippen LogP contribution in [-0.2, 0) is 46.9 Å². The van der Waals surface area contributed by atoms with E-state index in [-0.39, 0.29) is 28.6 Å². The van der Waals surface area contributed by atoms with Gasteiger partial charge in [0.25, 0.3) is 0 Å². The van der Waals surface area contributed by atoms with Crippen molar-refractivity contribution in [2.75, 3.05) is 39.3 Å². The third kappa shape index (κ3) is 7.62. The quantitative estimate of drug-likeness (QED) is 0.0829. The molecule has 0 unspecified atom stereocenters. The van der Waals surface area contributed by atoms with E-state index in [1.807, 2.05) is 14.7 Å². The number of ketones is 2. The van der Waals surface area contributed by atoms with Gasteiger partial charge in [0.1, 0.15) is 41.4 Å². The van der Waals surface area contributed by atoms with Gasteiger partial charge in [0.2, 0.25) is 23.2 Å². The number of carbonyl (C=O) groups excluding carboxylic acids is 2. The molecule has 6 rings (SSSR count). The molecule has 1 aliphatic carbocycles. The van der Waals surface area contributed by atoms with Crippen molar-refractivity contribution in [3.05, 3.63) is 81.3 Å². The first-order chi connectivity index (χ1) is 21.6. The minimum atomic E-state index is -5.77. The molecule has 0 atom stereocenters. The summed E-state index contributed by atoms with van der Waals surface area (Å²) in [7, 11) is -11.5. The van der Waals surface area contributed by atoms with Crippen molar-refractivity contribution in [2.45, 2.75) is 9.79 Å². The van der Waals surface area contributed by atoms with Gasteiger partial charge in [-0.05, 0) is 0 Å². The topological polar surface area (TPSA) is 158 Å². The summed E-state index contributed by atoms with van der Waals surface area (Å²) >= 11 is 0. The van der Waals surface area contributed by atoms with Crippen LogP contribution in [0.2, 0.25) is 0 Å². The van der Waals surface area contributed by atoms with Crippen LogP contribution in [0, 0.1) is 58.2 Å². The van der Waals surface area contributed by atoms with Crippen LogP contribution in [0.3, 0.4) is 0 Å². The molecular formula is C24H13F10FeN3O8S2. The van der Waals surface area contributed by atoms with Gasteiger partial charge in [-0.3, -0.25) is 9.59 Å². The second-order valence-electron chi connectivity index (χ2n) is 9.59. The minimum Gasteiger partial charge on any atom is -0.744 e. The van der Waals surface area contributed by atoms with E-state index in [1.165, 1.54) is 6.08 Å². The van der Waals surface area contributed by atoms with E-state index in [2.05, 4.69) is 0 Å². The second-order valence-corrected chi connectivity index (χ2v) is 12.2. The number of benzene rings is 2. The van der Waals surface area contributed by atoms with E-state index in [0.29, 0.717) is 17.1 Å². The first-order valence-electron chi connectivity index (χ1n) is 12.4. The molecule has 3 fully saturated rings. The Morgan fingerprint density at radius 1 is 0.479 bits per heavy atom. The van der Waals surface area contributed by atoms with Gasteiger partial charge in [0.15, 0.2) is 46.5 Å². The van der Waals surface area contributed by atoms with Crippen LogP contribution in [0.4, 0.5) is 43.9 Å². The van der Waals surface area contributed by atoms with Crippen molar-refractivity contribution >= 4 is 31.8 Å². The van der Waals surface area contributed by atoms with Crippen molar-refractivity contribution in [3.8, 4) is 0 Å². The van der Waals surface area contributed by atoms with Crippen molar-refractivity contribution in [1.82, 2.24) is 14.7 Å². The van der Waals surface area contributed by atoms with E-state index in [0.717, 1.165) is 39.3 Å². The molecule has 262 valence electrons. The average molecular weight is 781 g/mol. The van der Waals surface area contributed by atoms with Crippen LogP contribution in [-0.4, -0.2) is 91.5 Å². The zero-order valence-corrected chi connectivity index (χ0v) is 25.6. The SMILES string of the molecule is O=C1C=C(N2CC2)C(=O)C(N2CC2)=C1N1CC1.O=S(=O)([O-])c1c(F)c(F)c(F)c(F)c1F.O=S(=O)([O-])c1c(F)c(F)c(F)c(F)c1F.[Fe+2]. The Labute approximate surface area is 273 Å². The molecule has 3 heterocycles. The number of hydrogen-bond acceptors (Lipinski definition) is 11. The molecule has 24 heteroatoms. The van der Waals surface area contributed by atoms with Gasteiger partial charge < -0.3 is 23.8 Å². The molecule has 0 spiro atoms. The van der Waals surface area contributed by atoms with Gasteiger partial charge >= 0.3 is 17.1 Å². The predicted octanol–water partition coefficient (Wildman–Crippen LogP) is 1.75. The zero-order valence-electron chi connectivity index (χ0n) is 22.9. The number of allylic oxidation sites excluding steroid dienone is 1. The van der Waals surface area contributed by atoms with Gasteiger partial charge in [0, 0.05) is 45.3 Å². The molecule has 0 aromatic heterocycles. The van der Waals surface area contributed by atoms with Crippen LogP contribution in [0.5, 0.6) is 0 Å². The zero-order chi connectivity index (χ0) is 35.5. The molecule has 0 amide bonds. The molecule has 48 heavy (non-hydrogen) atoms. The average Bonchev–Trinajstić information content (AvgIpc) is 3.79. The molecule has 0 bridgehead atoms. The van der Waals surface area contributed by atoms with Gasteiger partial charge in [0.05, 0.1) is 5.70 Å². The predicted molar refractivity (Wildman–Crippen MR) is 128 cm³/mol. The number of carbonyl (C=O) groups is 2. The van der Waals surface area contributed by atoms with Crippen LogP contribution in [0.1, 0.15) is 0 Å². The van der Waals surface area contributed by atoms with Crippen LogP contribution in [0.15, 0.2) is 33.0 Å². The summed E-state index contributed by atoms with van der Waals surface area (Å²) in [5.74, 6) is -25.6. The van der Waals surface area contributed by atoms with E-state index >= 15 is 0 Å². The minimum absolute atomic E-state index is 0. The summed E-state index contributed by atoms with van der Waals surface area (Å²) in [4.78, 5) is 25.7. The number of halogens is 10. The first kappa shape index (κ1) is 38.7. The fraction of sp³-hybridized carbons (Fsp3) is 0.250. The van der Waals surface area contributed by atoms with Crippen molar-refractivity contribution in [3.63, 3.8) is 0 Å². The molecule has 4 aliphatic rings. The van der Waals surface area contributed by atoms with Crippen molar-refractivity contribution < 1.29 is 96.5 Å². The number of hydrogen-bond donors (Lipinski definition) is 0. The Morgan fingerprint density at radius 3 is 1.02 bits per heavy atom. The second kappa shape index (κ2) is 13.7. The Morgan fingerprint density at radius 2 is 0.750 bits per heavy atom. The van der Waals surface area contributed by atoms with E-state index < -0.39 is 88.2 Å². The summed E-state index contributed by atoms with van der Waals surface area (Å²) in [6.07, 6.45) is 1.52. The normalized spacial score (nSPS) is 16.8. The third-order valence-electron chi connectivity index (χ3n) is 6.33. The Hall–Kier alpha value is -3.70. The molecule has 11 nitrogen and oxygen atoms in total. The molecule has 3 aliphatic heterocycles. The standard InChI is InChI=1S/C12H13N3O2.2C6HF5O3S.Fe/c16-9-7-8(13-1-2-13)12(17)11(15-5-6-15)10(9)14-3-4-14;2*7-1-2(8)4(10)6(15(12,13)14)5(11)3(1)9;/h7H,1-6H2;2*(H,12,13,14);/q;;;+2/p-2. The summed E-state index contributed by atoms with van der Waals surface area (Å²) in [5, 5.41) is 0. The smallest absolute Gasteiger partial charge is 0.744 e. The van der Waals surface area contributed by atoms with Gasteiger partial charge in [-0.1, -0.05) is 0 Å².